The van der Waals surface area contributed by atoms with Gasteiger partial charge in [0, 0.05) is 31.4 Å². The number of pyridine rings is 1. The van der Waals surface area contributed by atoms with Gasteiger partial charge in [-0.1, -0.05) is 0 Å². The van der Waals surface area contributed by atoms with Crippen molar-refractivity contribution in [1.82, 2.24) is 0 Å². The van der Waals surface area contributed by atoms with Crippen LogP contribution in [0, 0.1) is 5.21 Å². The molecule has 0 saturated heterocycles. The molecule has 1 heterocycles. The van der Waals surface area contributed by atoms with Crippen molar-refractivity contribution in [3.63, 3.8) is 0 Å². The molecule has 0 radical (unpaired) electrons. The van der Waals surface area contributed by atoms with Crippen molar-refractivity contribution in [2.75, 3.05) is 18.5 Å². The zero-order valence-electron chi connectivity index (χ0n) is 11.0. The first-order chi connectivity index (χ1) is 9.19. The fraction of sp³-hybridized carbons (Fsp3) is 0.214. The average molecular weight is 256 g/mol. The molecule has 2 aromatic rings. The van der Waals surface area contributed by atoms with Crippen LogP contribution in [0.25, 0.3) is 0 Å². The number of anilines is 1. The Morgan fingerprint density at radius 3 is 2.05 bits per heavy atom. The zero-order chi connectivity index (χ0) is 13.7. The standard InChI is InChI=1S/C14H16N4O/c1-3-17(2)14-6-4-12(5-7-14)15-16-13-8-10-18(19)11-9-13/h4-11H,3H2,1-2H3. The highest BCUT2D eigenvalue weighted by atomic mass is 16.5. The lowest BCUT2D eigenvalue weighted by Gasteiger charge is -2.16. The molecule has 0 aliphatic rings. The van der Waals surface area contributed by atoms with E-state index < -0.39 is 0 Å². The van der Waals surface area contributed by atoms with Crippen LogP contribution in [0.2, 0.25) is 0 Å². The Hall–Kier alpha value is -2.43. The third-order valence-corrected chi connectivity index (χ3v) is 2.83. The van der Waals surface area contributed by atoms with Gasteiger partial charge < -0.3 is 10.1 Å². The lowest BCUT2D eigenvalue weighted by molar-refractivity contribution is -0.605. The number of nitrogens with zero attached hydrogens (tertiary/aromatic N) is 4. The van der Waals surface area contributed by atoms with E-state index in [0.717, 1.165) is 17.9 Å². The van der Waals surface area contributed by atoms with E-state index >= 15 is 0 Å². The predicted molar refractivity (Wildman–Crippen MR) is 75.0 cm³/mol. The molecular formula is C14H16N4O. The van der Waals surface area contributed by atoms with Gasteiger partial charge in [-0.2, -0.15) is 15.0 Å². The molecule has 0 amide bonds. The normalized spacial score (nSPS) is 10.8. The Morgan fingerprint density at radius 2 is 1.53 bits per heavy atom. The summed E-state index contributed by atoms with van der Waals surface area (Å²) in [6, 6.07) is 11.1. The highest BCUT2D eigenvalue weighted by molar-refractivity contribution is 5.52. The Kier molecular flexibility index (Phi) is 4.07. The number of rotatable bonds is 4. The summed E-state index contributed by atoms with van der Waals surface area (Å²) >= 11 is 0. The molecule has 0 saturated carbocycles. The molecule has 1 aromatic heterocycles. The van der Waals surface area contributed by atoms with Crippen molar-refractivity contribution in [3.8, 4) is 0 Å². The maximum Gasteiger partial charge on any atom is 0.182 e. The SMILES string of the molecule is CCN(C)c1ccc(N=Nc2cc[n+]([O-])cc2)cc1. The van der Waals surface area contributed by atoms with Crippen LogP contribution in [-0.2, 0) is 0 Å². The van der Waals surface area contributed by atoms with Gasteiger partial charge in [-0.3, -0.25) is 0 Å². The van der Waals surface area contributed by atoms with E-state index in [9.17, 15) is 5.21 Å². The summed E-state index contributed by atoms with van der Waals surface area (Å²) in [6.45, 7) is 3.06. The third-order valence-electron chi connectivity index (χ3n) is 2.83. The average Bonchev–Trinajstić information content (AvgIpc) is 2.46. The first kappa shape index (κ1) is 13.0. The van der Waals surface area contributed by atoms with E-state index in [1.807, 2.05) is 31.3 Å². The van der Waals surface area contributed by atoms with Gasteiger partial charge in [0.2, 0.25) is 0 Å². The lowest BCUT2D eigenvalue weighted by Crippen LogP contribution is -2.22. The maximum absolute atomic E-state index is 10.9. The van der Waals surface area contributed by atoms with Gasteiger partial charge in [0.15, 0.2) is 12.4 Å². The fourth-order valence-corrected chi connectivity index (χ4v) is 1.54. The van der Waals surface area contributed by atoms with Gasteiger partial charge in [0.05, 0.1) is 11.4 Å². The number of aromatic nitrogens is 1. The molecule has 2 rings (SSSR count). The minimum atomic E-state index is 0.654. The Bertz CT molecular complexity index is 549. The van der Waals surface area contributed by atoms with E-state index in [0.29, 0.717) is 10.4 Å². The summed E-state index contributed by atoms with van der Waals surface area (Å²) in [5, 5.41) is 19.1. The van der Waals surface area contributed by atoms with Crippen LogP contribution in [0.15, 0.2) is 59.0 Å². The van der Waals surface area contributed by atoms with Gasteiger partial charge in [-0.15, -0.1) is 0 Å². The first-order valence-corrected chi connectivity index (χ1v) is 6.11. The van der Waals surface area contributed by atoms with Gasteiger partial charge in [0.1, 0.15) is 0 Å². The van der Waals surface area contributed by atoms with E-state index in [1.165, 1.54) is 12.4 Å². The minimum Gasteiger partial charge on any atom is -0.619 e. The van der Waals surface area contributed by atoms with Crippen LogP contribution in [-0.4, -0.2) is 13.6 Å². The van der Waals surface area contributed by atoms with Gasteiger partial charge in [-0.25, -0.2) is 0 Å². The van der Waals surface area contributed by atoms with E-state index in [-0.39, 0.29) is 0 Å². The lowest BCUT2D eigenvalue weighted by atomic mass is 10.2. The Balaban J connectivity index is 2.09. The molecule has 0 fully saturated rings. The molecule has 0 bridgehead atoms. The van der Waals surface area contributed by atoms with E-state index in [2.05, 4.69) is 22.1 Å². The summed E-state index contributed by atoms with van der Waals surface area (Å²) in [5.74, 6) is 0. The fourth-order valence-electron chi connectivity index (χ4n) is 1.54. The second-order valence-electron chi connectivity index (χ2n) is 4.15. The first-order valence-electron chi connectivity index (χ1n) is 6.11. The van der Waals surface area contributed by atoms with Crippen molar-refractivity contribution in [2.45, 2.75) is 6.92 Å². The van der Waals surface area contributed by atoms with Gasteiger partial charge >= 0.3 is 0 Å². The summed E-state index contributed by atoms with van der Waals surface area (Å²) in [4.78, 5) is 2.14. The molecular weight excluding hydrogens is 240 g/mol. The van der Waals surface area contributed by atoms with Gasteiger partial charge in [-0.05, 0) is 31.2 Å². The van der Waals surface area contributed by atoms with Crippen LogP contribution >= 0.6 is 0 Å². The molecule has 0 atom stereocenters. The summed E-state index contributed by atoms with van der Waals surface area (Å²) < 4.78 is 0.717. The Morgan fingerprint density at radius 1 is 1.00 bits per heavy atom. The van der Waals surface area contributed by atoms with Gasteiger partial charge in [0.25, 0.3) is 0 Å². The molecule has 0 aliphatic heterocycles. The Labute approximate surface area is 112 Å². The summed E-state index contributed by atoms with van der Waals surface area (Å²) in [7, 11) is 2.04. The topological polar surface area (TPSA) is 54.9 Å². The third kappa shape index (κ3) is 3.51. The summed E-state index contributed by atoms with van der Waals surface area (Å²) in [6.07, 6.45) is 2.79. The van der Waals surface area contributed by atoms with E-state index in [1.54, 1.807) is 12.1 Å². The molecule has 0 aliphatic carbocycles. The quantitative estimate of drug-likeness (QED) is 0.479. The van der Waals surface area contributed by atoms with Crippen molar-refractivity contribution in [3.05, 3.63) is 54.0 Å². The molecule has 19 heavy (non-hydrogen) atoms. The van der Waals surface area contributed by atoms with Crippen LogP contribution in [0.5, 0.6) is 0 Å². The molecule has 0 unspecified atom stereocenters. The smallest absolute Gasteiger partial charge is 0.182 e. The van der Waals surface area contributed by atoms with E-state index in [4.69, 9.17) is 0 Å². The molecule has 1 aromatic carbocycles. The van der Waals surface area contributed by atoms with Crippen molar-refractivity contribution in [2.24, 2.45) is 10.2 Å². The van der Waals surface area contributed by atoms with Crippen molar-refractivity contribution < 1.29 is 4.73 Å². The molecule has 0 N–H and O–H groups in total. The predicted octanol–water partition coefficient (Wildman–Crippen LogP) is 3.19. The highest BCUT2D eigenvalue weighted by Gasteiger charge is 1.98. The molecule has 0 spiro atoms. The minimum absolute atomic E-state index is 0.654. The van der Waals surface area contributed by atoms with Crippen LogP contribution in [0.4, 0.5) is 17.1 Å². The number of azo groups is 1. The number of hydrogen-bond acceptors (Lipinski definition) is 4. The monoisotopic (exact) mass is 256 g/mol. The van der Waals surface area contributed by atoms with Crippen LogP contribution in [0.1, 0.15) is 6.92 Å². The number of hydrogen-bond donors (Lipinski definition) is 0. The zero-order valence-corrected chi connectivity index (χ0v) is 11.0. The molecule has 5 nitrogen and oxygen atoms in total. The maximum atomic E-state index is 10.9. The van der Waals surface area contributed by atoms with Crippen molar-refractivity contribution >= 4 is 17.1 Å². The highest BCUT2D eigenvalue weighted by Crippen LogP contribution is 2.21. The molecule has 98 valence electrons. The van der Waals surface area contributed by atoms with Crippen LogP contribution in [0.3, 0.4) is 0 Å². The molecule has 5 heteroatoms. The second-order valence-corrected chi connectivity index (χ2v) is 4.15. The van der Waals surface area contributed by atoms with Crippen molar-refractivity contribution in [1.29, 1.82) is 0 Å². The largest absolute Gasteiger partial charge is 0.619 e. The number of benzene rings is 1. The van der Waals surface area contributed by atoms with Crippen LogP contribution < -0.4 is 9.63 Å². The summed E-state index contributed by atoms with van der Waals surface area (Å²) in [5.41, 5.74) is 2.59. The second kappa shape index (κ2) is 5.95.